The lowest BCUT2D eigenvalue weighted by atomic mass is 9.85. The average Bonchev–Trinajstić information content (AvgIpc) is 3.15. The number of rotatable bonds is 35. The summed E-state index contributed by atoms with van der Waals surface area (Å²) in [5, 5.41) is 49.9. The van der Waals surface area contributed by atoms with Gasteiger partial charge in [0.15, 0.2) is 6.10 Å². The number of phosphoric ester groups is 1. The normalized spacial score (nSPS) is 23.2. The highest BCUT2D eigenvalue weighted by Crippen LogP contribution is 2.47. The van der Waals surface area contributed by atoms with Crippen molar-refractivity contribution in [2.75, 3.05) is 13.2 Å². The first-order valence-corrected chi connectivity index (χ1v) is 22.8. The highest BCUT2D eigenvalue weighted by Gasteiger charge is 2.51. The number of hydrogen-bond donors (Lipinski definition) is 6. The van der Waals surface area contributed by atoms with Crippen LogP contribution in [0.15, 0.2) is 0 Å². The highest BCUT2D eigenvalue weighted by molar-refractivity contribution is 7.47. The number of carbonyl (C=O) groups is 2. The molecule has 1 fully saturated rings. The minimum absolute atomic E-state index is 0.104. The van der Waals surface area contributed by atoms with E-state index in [1.54, 1.807) is 0 Å². The standard InChI is InChI=1S/C40H77O13P/c1-3-5-7-9-11-12-13-14-15-16-17-18-19-20-21-23-25-27-29-34(42)52-32(30-50-33(41)28-26-24-22-10-8-6-4-2)31-51-54(48,49)53-40-38(46)36(44)35(43)37(45)39(40)47/h32,35-40,43-47H,3-31H2,1-2H3,(H,48,49)/t32-,35?,36-,37?,38?,39?,40?/m1/s1. The molecule has 0 bridgehead atoms. The number of ether oxygens (including phenoxy) is 2. The number of unbranched alkanes of at least 4 members (excludes halogenated alkanes) is 23. The SMILES string of the molecule is CCCCCCCCCCCCCCCCCCCCC(=O)O[C@H](COC(=O)CCCCCCCCC)COP(=O)(O)OC1C(O)C(O)C(O)[C@@H](O)C1O. The van der Waals surface area contributed by atoms with Crippen molar-refractivity contribution in [2.45, 2.75) is 230 Å². The second kappa shape index (κ2) is 31.9. The molecule has 1 aliphatic rings. The number of phosphoric acid groups is 1. The molecule has 0 aliphatic heterocycles. The Hall–Kier alpha value is -1.15. The van der Waals surface area contributed by atoms with E-state index in [1.165, 1.54) is 96.3 Å². The zero-order valence-corrected chi connectivity index (χ0v) is 34.4. The third-order valence-electron chi connectivity index (χ3n) is 10.2. The molecule has 14 heteroatoms. The molecular formula is C40H77O13P. The Kier molecular flexibility index (Phi) is 30.0. The summed E-state index contributed by atoms with van der Waals surface area (Å²) in [6.07, 6.45) is 16.3. The topological polar surface area (TPSA) is 210 Å². The van der Waals surface area contributed by atoms with Gasteiger partial charge in [-0.15, -0.1) is 0 Å². The fraction of sp³-hybridized carbons (Fsp3) is 0.950. The average molecular weight is 797 g/mol. The lowest BCUT2D eigenvalue weighted by molar-refractivity contribution is -0.220. The molecule has 13 nitrogen and oxygen atoms in total. The highest BCUT2D eigenvalue weighted by atomic mass is 31.2. The number of esters is 2. The summed E-state index contributed by atoms with van der Waals surface area (Å²) in [4.78, 5) is 35.4. The molecule has 1 saturated carbocycles. The maximum atomic E-state index is 12.7. The van der Waals surface area contributed by atoms with E-state index in [4.69, 9.17) is 18.5 Å². The van der Waals surface area contributed by atoms with E-state index in [-0.39, 0.29) is 12.8 Å². The van der Waals surface area contributed by atoms with Crippen LogP contribution < -0.4 is 0 Å². The van der Waals surface area contributed by atoms with Gasteiger partial charge in [-0.3, -0.25) is 18.6 Å². The third-order valence-corrected chi connectivity index (χ3v) is 11.2. The molecule has 0 aromatic carbocycles. The van der Waals surface area contributed by atoms with Crippen LogP contribution in [0.5, 0.6) is 0 Å². The van der Waals surface area contributed by atoms with Crippen molar-refractivity contribution in [3.63, 3.8) is 0 Å². The summed E-state index contributed by atoms with van der Waals surface area (Å²) < 4.78 is 33.3. The third kappa shape index (κ3) is 24.5. The van der Waals surface area contributed by atoms with E-state index in [2.05, 4.69) is 13.8 Å². The fourth-order valence-electron chi connectivity index (χ4n) is 6.70. The lowest BCUT2D eigenvalue weighted by Gasteiger charge is -2.41. The summed E-state index contributed by atoms with van der Waals surface area (Å²) in [5.41, 5.74) is 0. The molecule has 0 spiro atoms. The minimum atomic E-state index is -5.10. The van der Waals surface area contributed by atoms with Crippen LogP contribution in [-0.2, 0) is 32.7 Å². The molecule has 0 saturated heterocycles. The number of aliphatic hydroxyl groups excluding tert-OH is 5. The van der Waals surface area contributed by atoms with Crippen molar-refractivity contribution in [3.8, 4) is 0 Å². The lowest BCUT2D eigenvalue weighted by Crippen LogP contribution is -2.64. The number of hydrogen-bond acceptors (Lipinski definition) is 12. The van der Waals surface area contributed by atoms with Gasteiger partial charge in [-0.1, -0.05) is 162 Å². The molecule has 320 valence electrons. The van der Waals surface area contributed by atoms with Gasteiger partial charge >= 0.3 is 19.8 Å². The maximum Gasteiger partial charge on any atom is 0.472 e. The molecule has 0 heterocycles. The summed E-state index contributed by atoms with van der Waals surface area (Å²) in [5.74, 6) is -1.10. The van der Waals surface area contributed by atoms with E-state index >= 15 is 0 Å². The molecule has 1 rings (SSSR count). The Balaban J connectivity index is 2.41. The van der Waals surface area contributed by atoms with E-state index in [0.29, 0.717) is 12.8 Å². The van der Waals surface area contributed by atoms with Gasteiger partial charge in [0, 0.05) is 12.8 Å². The van der Waals surface area contributed by atoms with Gasteiger partial charge in [0.2, 0.25) is 0 Å². The minimum Gasteiger partial charge on any atom is -0.462 e. The van der Waals surface area contributed by atoms with Crippen LogP contribution in [0, 0.1) is 0 Å². The Morgan fingerprint density at radius 3 is 1.22 bits per heavy atom. The molecule has 0 aromatic heterocycles. The largest absolute Gasteiger partial charge is 0.472 e. The van der Waals surface area contributed by atoms with Gasteiger partial charge in [0.1, 0.15) is 43.2 Å². The van der Waals surface area contributed by atoms with Gasteiger partial charge in [0.25, 0.3) is 0 Å². The number of aliphatic hydroxyl groups is 5. The smallest absolute Gasteiger partial charge is 0.462 e. The Morgan fingerprint density at radius 2 is 0.833 bits per heavy atom. The van der Waals surface area contributed by atoms with Gasteiger partial charge in [-0.2, -0.15) is 0 Å². The van der Waals surface area contributed by atoms with Crippen molar-refractivity contribution < 1.29 is 63.1 Å². The monoisotopic (exact) mass is 797 g/mol. The van der Waals surface area contributed by atoms with Crippen LogP contribution in [0.4, 0.5) is 0 Å². The Morgan fingerprint density at radius 1 is 0.500 bits per heavy atom. The summed E-state index contributed by atoms with van der Waals surface area (Å²) >= 11 is 0. The quantitative estimate of drug-likeness (QED) is 0.0211. The maximum absolute atomic E-state index is 12.7. The van der Waals surface area contributed by atoms with Crippen molar-refractivity contribution in [2.24, 2.45) is 0 Å². The van der Waals surface area contributed by atoms with Crippen LogP contribution in [0.3, 0.4) is 0 Å². The van der Waals surface area contributed by atoms with Crippen LogP contribution >= 0.6 is 7.82 Å². The molecule has 6 N–H and O–H groups in total. The second-order valence-corrected chi connectivity index (χ2v) is 16.6. The van der Waals surface area contributed by atoms with Crippen LogP contribution in [0.25, 0.3) is 0 Å². The van der Waals surface area contributed by atoms with E-state index in [9.17, 15) is 44.6 Å². The van der Waals surface area contributed by atoms with Gasteiger partial charge in [0.05, 0.1) is 6.61 Å². The Labute approximate surface area is 325 Å². The first-order chi connectivity index (χ1) is 25.9. The van der Waals surface area contributed by atoms with E-state index in [1.807, 2.05) is 0 Å². The molecule has 0 amide bonds. The van der Waals surface area contributed by atoms with E-state index < -0.39 is 75.7 Å². The Bertz CT molecular complexity index is 969. The van der Waals surface area contributed by atoms with Crippen molar-refractivity contribution >= 4 is 19.8 Å². The fourth-order valence-corrected chi connectivity index (χ4v) is 7.67. The summed E-state index contributed by atoms with van der Waals surface area (Å²) in [7, 11) is -5.10. The molecule has 6 unspecified atom stereocenters. The zero-order chi connectivity index (χ0) is 40.0. The van der Waals surface area contributed by atoms with Gasteiger partial charge < -0.3 is 39.9 Å². The van der Waals surface area contributed by atoms with Crippen LogP contribution in [-0.4, -0.2) is 98.3 Å². The zero-order valence-electron chi connectivity index (χ0n) is 33.5. The summed E-state index contributed by atoms with van der Waals surface area (Å²) in [6, 6.07) is 0. The van der Waals surface area contributed by atoms with E-state index in [0.717, 1.165) is 51.4 Å². The van der Waals surface area contributed by atoms with Crippen molar-refractivity contribution in [1.29, 1.82) is 0 Å². The van der Waals surface area contributed by atoms with Crippen LogP contribution in [0.2, 0.25) is 0 Å². The predicted octanol–water partition coefficient (Wildman–Crippen LogP) is 7.33. The molecule has 0 radical (unpaired) electrons. The predicted molar refractivity (Wildman–Crippen MR) is 208 cm³/mol. The second-order valence-electron chi connectivity index (χ2n) is 15.2. The molecule has 0 aromatic rings. The molecule has 1 aliphatic carbocycles. The van der Waals surface area contributed by atoms with Crippen molar-refractivity contribution in [3.05, 3.63) is 0 Å². The van der Waals surface area contributed by atoms with Crippen molar-refractivity contribution in [1.82, 2.24) is 0 Å². The summed E-state index contributed by atoms with van der Waals surface area (Å²) in [6.45, 7) is 3.24. The van der Waals surface area contributed by atoms with Gasteiger partial charge in [-0.25, -0.2) is 4.57 Å². The first kappa shape index (κ1) is 50.9. The molecule has 54 heavy (non-hydrogen) atoms. The molecular weight excluding hydrogens is 719 g/mol. The molecule has 8 atom stereocenters. The van der Waals surface area contributed by atoms with Crippen LogP contribution in [0.1, 0.15) is 187 Å². The van der Waals surface area contributed by atoms with Gasteiger partial charge in [-0.05, 0) is 12.8 Å². The number of carbonyl (C=O) groups excluding carboxylic acids is 2. The first-order valence-electron chi connectivity index (χ1n) is 21.3.